The van der Waals surface area contributed by atoms with E-state index in [-0.39, 0.29) is 10.8 Å². The van der Waals surface area contributed by atoms with E-state index in [2.05, 4.69) is 45.0 Å². The number of ketones is 1. The number of carbonyl (C=O) groups excluding carboxylic acids is 1. The van der Waals surface area contributed by atoms with Crippen molar-refractivity contribution in [3.8, 4) is 0 Å². The Balaban J connectivity index is 1.85. The van der Waals surface area contributed by atoms with E-state index in [1.165, 1.54) is 27.3 Å². The summed E-state index contributed by atoms with van der Waals surface area (Å²) < 4.78 is 0. The van der Waals surface area contributed by atoms with Gasteiger partial charge in [0, 0.05) is 23.3 Å². The summed E-state index contributed by atoms with van der Waals surface area (Å²) in [6.45, 7) is 6.58. The number of Topliss-reactive ketones (excluding diaryl/α,β-unsaturated/α-hetero) is 1. The van der Waals surface area contributed by atoms with Gasteiger partial charge in [0.2, 0.25) is 0 Å². The van der Waals surface area contributed by atoms with Gasteiger partial charge in [-0.1, -0.05) is 43.7 Å². The van der Waals surface area contributed by atoms with Gasteiger partial charge in [-0.2, -0.15) is 0 Å². The van der Waals surface area contributed by atoms with E-state index in [1.807, 2.05) is 11.3 Å². The number of carbonyl (C=O) groups is 1. The van der Waals surface area contributed by atoms with Gasteiger partial charge in [-0.25, -0.2) is 4.98 Å². The maximum atomic E-state index is 13.5. The lowest BCUT2D eigenvalue weighted by Gasteiger charge is -2.47. The highest BCUT2D eigenvalue weighted by Gasteiger charge is 2.52. The molecule has 2 nitrogen and oxygen atoms in total. The third-order valence-electron chi connectivity index (χ3n) is 6.44. The van der Waals surface area contributed by atoms with Gasteiger partial charge in [0.1, 0.15) is 0 Å². The highest BCUT2D eigenvalue weighted by atomic mass is 32.1. The summed E-state index contributed by atoms with van der Waals surface area (Å²) in [6, 6.07) is 8.82. The zero-order chi connectivity index (χ0) is 18.1. The van der Waals surface area contributed by atoms with Gasteiger partial charge in [0.25, 0.3) is 0 Å². The van der Waals surface area contributed by atoms with Crippen LogP contribution in [0.2, 0.25) is 0 Å². The maximum absolute atomic E-state index is 13.5. The molecule has 3 heteroatoms. The second kappa shape index (κ2) is 5.39. The minimum atomic E-state index is -0.239. The molecule has 3 aliphatic carbocycles. The normalized spacial score (nSPS) is 26.5. The lowest BCUT2D eigenvalue weighted by Crippen LogP contribution is -2.44. The monoisotopic (exact) mass is 363 g/mol. The number of aromatic nitrogens is 1. The van der Waals surface area contributed by atoms with Crippen molar-refractivity contribution in [2.75, 3.05) is 0 Å². The molecule has 0 saturated heterocycles. The van der Waals surface area contributed by atoms with Crippen LogP contribution in [-0.4, -0.2) is 10.8 Å². The third-order valence-corrected chi connectivity index (χ3v) is 7.61. The number of fused-ring (bicyclic) bond motifs is 5. The number of rotatable bonds is 0. The molecule has 0 saturated carbocycles. The standard InChI is InChI=1S/C23H25NOS/c1-14-24-18-11-16-12-22(2,3)13-19(25)20(16)23(21(18)26-14)10-6-8-15-7-4-5-9-17(15)23/h4-5,7,9H,6,8,10-13H2,1-3H3/t23-/m1/s1. The second-order valence-corrected chi connectivity index (χ2v) is 10.2. The molecule has 0 radical (unpaired) electrons. The molecule has 1 aromatic heterocycles. The Labute approximate surface area is 159 Å². The van der Waals surface area contributed by atoms with Crippen molar-refractivity contribution in [3.05, 3.63) is 62.1 Å². The Bertz CT molecular complexity index is 964. The van der Waals surface area contributed by atoms with Crippen LogP contribution < -0.4 is 0 Å². The molecule has 0 aliphatic heterocycles. The van der Waals surface area contributed by atoms with Crippen LogP contribution in [0.25, 0.3) is 0 Å². The summed E-state index contributed by atoms with van der Waals surface area (Å²) in [5.41, 5.74) is 6.35. The predicted octanol–water partition coefficient (Wildman–Crippen LogP) is 5.32. The summed E-state index contributed by atoms with van der Waals surface area (Å²) in [6.07, 6.45) is 5.86. The van der Waals surface area contributed by atoms with Gasteiger partial charge >= 0.3 is 0 Å². The zero-order valence-electron chi connectivity index (χ0n) is 15.8. The first kappa shape index (κ1) is 16.4. The van der Waals surface area contributed by atoms with Gasteiger partial charge < -0.3 is 0 Å². The molecule has 0 bridgehead atoms. The summed E-state index contributed by atoms with van der Waals surface area (Å²) in [5, 5.41) is 1.13. The minimum absolute atomic E-state index is 0.0634. The summed E-state index contributed by atoms with van der Waals surface area (Å²) in [7, 11) is 0. The van der Waals surface area contributed by atoms with Crippen molar-refractivity contribution in [1.82, 2.24) is 4.98 Å². The van der Waals surface area contributed by atoms with Crippen LogP contribution in [0.15, 0.2) is 35.4 Å². The Hall–Kier alpha value is -1.74. The molecule has 0 fully saturated rings. The molecule has 0 N–H and O–H groups in total. The Kier molecular flexibility index (Phi) is 3.40. The first-order valence-corrected chi connectivity index (χ1v) is 10.5. The van der Waals surface area contributed by atoms with Crippen LogP contribution in [0.4, 0.5) is 0 Å². The molecule has 1 spiro atoms. The van der Waals surface area contributed by atoms with Crippen LogP contribution in [0.1, 0.15) is 66.2 Å². The van der Waals surface area contributed by atoms with Crippen molar-refractivity contribution in [1.29, 1.82) is 0 Å². The van der Waals surface area contributed by atoms with Crippen LogP contribution in [0.3, 0.4) is 0 Å². The van der Waals surface area contributed by atoms with E-state index in [9.17, 15) is 4.79 Å². The Morgan fingerprint density at radius 3 is 2.81 bits per heavy atom. The number of thiazole rings is 1. The van der Waals surface area contributed by atoms with E-state index in [0.717, 1.165) is 42.7 Å². The molecule has 26 heavy (non-hydrogen) atoms. The average molecular weight is 364 g/mol. The van der Waals surface area contributed by atoms with Crippen molar-refractivity contribution in [2.45, 2.75) is 64.7 Å². The first-order chi connectivity index (χ1) is 12.4. The molecule has 1 aromatic carbocycles. The lowest BCUT2D eigenvalue weighted by atomic mass is 9.56. The van der Waals surface area contributed by atoms with Gasteiger partial charge in [0.15, 0.2) is 5.78 Å². The van der Waals surface area contributed by atoms with Crippen molar-refractivity contribution in [2.24, 2.45) is 5.41 Å². The van der Waals surface area contributed by atoms with Gasteiger partial charge in [-0.3, -0.25) is 4.79 Å². The van der Waals surface area contributed by atoms with Gasteiger partial charge in [-0.15, -0.1) is 11.3 Å². The zero-order valence-corrected chi connectivity index (χ0v) is 16.6. The summed E-state index contributed by atoms with van der Waals surface area (Å²) in [5.74, 6) is 0.379. The van der Waals surface area contributed by atoms with Crippen molar-refractivity contribution < 1.29 is 4.79 Å². The van der Waals surface area contributed by atoms with Crippen LogP contribution >= 0.6 is 11.3 Å². The molecule has 2 aromatic rings. The smallest absolute Gasteiger partial charge is 0.160 e. The van der Waals surface area contributed by atoms with E-state index in [1.54, 1.807) is 0 Å². The average Bonchev–Trinajstić information content (AvgIpc) is 2.94. The number of allylic oxidation sites excluding steroid dienone is 2. The fourth-order valence-electron chi connectivity index (χ4n) is 5.71. The first-order valence-electron chi connectivity index (χ1n) is 9.72. The number of aryl methyl sites for hydroxylation is 2. The summed E-state index contributed by atoms with van der Waals surface area (Å²) >= 11 is 1.82. The Morgan fingerprint density at radius 2 is 1.96 bits per heavy atom. The molecular weight excluding hydrogens is 338 g/mol. The number of hydrogen-bond donors (Lipinski definition) is 0. The molecule has 0 unspecified atom stereocenters. The molecule has 0 amide bonds. The number of nitrogens with zero attached hydrogens (tertiary/aromatic N) is 1. The molecular formula is C23H25NOS. The largest absolute Gasteiger partial charge is 0.294 e. The minimum Gasteiger partial charge on any atom is -0.294 e. The third kappa shape index (κ3) is 2.16. The van der Waals surface area contributed by atoms with Crippen molar-refractivity contribution >= 4 is 17.1 Å². The quantitative estimate of drug-likeness (QED) is 0.634. The van der Waals surface area contributed by atoms with Crippen molar-refractivity contribution in [3.63, 3.8) is 0 Å². The fraction of sp³-hybridized carbons (Fsp3) is 0.478. The van der Waals surface area contributed by atoms with Crippen LogP contribution in [-0.2, 0) is 23.1 Å². The molecule has 134 valence electrons. The van der Waals surface area contributed by atoms with Gasteiger partial charge in [-0.05, 0) is 49.1 Å². The molecule has 3 aliphatic rings. The maximum Gasteiger partial charge on any atom is 0.160 e. The van der Waals surface area contributed by atoms with Crippen LogP contribution in [0.5, 0.6) is 0 Å². The SMILES string of the molecule is Cc1nc2c(s1)[C@@]1(CCCc3ccccc31)C1=C(C2)CC(C)(C)CC1=O. The summed E-state index contributed by atoms with van der Waals surface area (Å²) in [4.78, 5) is 19.7. The van der Waals surface area contributed by atoms with E-state index in [4.69, 9.17) is 4.98 Å². The van der Waals surface area contributed by atoms with E-state index in [0.29, 0.717) is 12.2 Å². The molecule has 1 heterocycles. The number of hydrogen-bond acceptors (Lipinski definition) is 3. The topological polar surface area (TPSA) is 30.0 Å². The predicted molar refractivity (Wildman–Crippen MR) is 106 cm³/mol. The lowest BCUT2D eigenvalue weighted by molar-refractivity contribution is -0.118. The highest BCUT2D eigenvalue weighted by molar-refractivity contribution is 7.12. The molecule has 5 rings (SSSR count). The van der Waals surface area contributed by atoms with Crippen LogP contribution in [0, 0.1) is 12.3 Å². The number of benzene rings is 1. The van der Waals surface area contributed by atoms with E-state index < -0.39 is 0 Å². The Morgan fingerprint density at radius 1 is 1.15 bits per heavy atom. The fourth-order valence-corrected chi connectivity index (χ4v) is 6.88. The van der Waals surface area contributed by atoms with Gasteiger partial charge in [0.05, 0.1) is 16.1 Å². The highest BCUT2D eigenvalue weighted by Crippen LogP contribution is 2.57. The van der Waals surface area contributed by atoms with E-state index >= 15 is 0 Å². The second-order valence-electron chi connectivity index (χ2n) is 9.02. The molecule has 1 atom stereocenters.